The molecule has 2 N–H and O–H groups in total. The Morgan fingerprint density at radius 1 is 1.10 bits per heavy atom. The normalized spacial score (nSPS) is 31.5. The Bertz CT molecular complexity index is 1430. The Hall–Kier alpha value is -2.56. The van der Waals surface area contributed by atoms with Crippen LogP contribution in [0.2, 0.25) is 5.02 Å². The molecule has 1 amide bonds. The van der Waals surface area contributed by atoms with Gasteiger partial charge in [0.15, 0.2) is 6.04 Å². The van der Waals surface area contributed by atoms with Crippen LogP contribution in [0.4, 0.5) is 8.78 Å². The maximum atomic E-state index is 13.9. The van der Waals surface area contributed by atoms with Gasteiger partial charge in [-0.3, -0.25) is 9.79 Å². The predicted octanol–water partition coefficient (Wildman–Crippen LogP) is 4.37. The van der Waals surface area contributed by atoms with E-state index in [0.717, 1.165) is 5.56 Å². The highest BCUT2D eigenvalue weighted by molar-refractivity contribution is 7.89. The van der Waals surface area contributed by atoms with Gasteiger partial charge in [-0.15, -0.1) is 0 Å². The first-order chi connectivity index (χ1) is 18.3. The van der Waals surface area contributed by atoms with Crippen molar-refractivity contribution in [2.75, 3.05) is 6.54 Å². The fourth-order valence-corrected chi connectivity index (χ4v) is 8.30. The van der Waals surface area contributed by atoms with E-state index in [4.69, 9.17) is 16.6 Å². The van der Waals surface area contributed by atoms with Crippen molar-refractivity contribution in [3.63, 3.8) is 0 Å². The summed E-state index contributed by atoms with van der Waals surface area (Å²) in [4.78, 5) is 17.9. The van der Waals surface area contributed by atoms with Gasteiger partial charge in [0, 0.05) is 41.4 Å². The lowest BCUT2D eigenvalue weighted by molar-refractivity contribution is -0.151. The molecule has 2 bridgehead atoms. The number of rotatable bonds is 9. The molecule has 208 valence electrons. The number of benzene rings is 2. The number of nitrogens with one attached hydrogen (secondary N) is 2. The summed E-state index contributed by atoms with van der Waals surface area (Å²) in [5.74, 6) is -3.17. The van der Waals surface area contributed by atoms with E-state index in [2.05, 4.69) is 10.6 Å². The molecule has 2 atom stereocenters. The van der Waals surface area contributed by atoms with Crippen LogP contribution in [-0.4, -0.2) is 54.1 Å². The molecule has 0 spiro atoms. The second kappa shape index (κ2) is 8.72. The van der Waals surface area contributed by atoms with Gasteiger partial charge < -0.3 is 10.6 Å². The molecule has 2 aromatic carbocycles. The number of sulfonamides is 1. The maximum absolute atomic E-state index is 13.9. The fraction of sp³-hybridized carbons (Fsp3) is 0.500. The minimum absolute atomic E-state index is 0.0610. The Kier molecular flexibility index (Phi) is 5.96. The van der Waals surface area contributed by atoms with Crippen molar-refractivity contribution in [1.29, 1.82) is 0 Å². The third kappa shape index (κ3) is 4.44. The van der Waals surface area contributed by atoms with E-state index in [9.17, 15) is 22.0 Å². The van der Waals surface area contributed by atoms with E-state index in [1.807, 2.05) is 26.0 Å². The summed E-state index contributed by atoms with van der Waals surface area (Å²) in [5, 5.41) is 6.63. The zero-order valence-electron chi connectivity index (χ0n) is 21.8. The topological polar surface area (TPSA) is 90.9 Å². The molecule has 0 radical (unpaired) electrons. The molecule has 39 heavy (non-hydrogen) atoms. The number of carbonyl (C=O) groups is 1. The van der Waals surface area contributed by atoms with Gasteiger partial charge in [0.25, 0.3) is 5.92 Å². The third-order valence-corrected chi connectivity index (χ3v) is 10.9. The van der Waals surface area contributed by atoms with Crippen molar-refractivity contribution in [2.24, 2.45) is 16.3 Å². The van der Waals surface area contributed by atoms with Crippen LogP contribution in [0.3, 0.4) is 0 Å². The zero-order chi connectivity index (χ0) is 27.8. The maximum Gasteiger partial charge on any atom is 0.253 e. The number of nitrogens with zero attached hydrogens (tertiary/aromatic N) is 2. The van der Waals surface area contributed by atoms with Crippen LogP contribution in [0.1, 0.15) is 45.1 Å². The third-order valence-electron chi connectivity index (χ3n) is 8.71. The number of amidine groups is 1. The molecule has 11 heteroatoms. The van der Waals surface area contributed by atoms with Gasteiger partial charge >= 0.3 is 0 Å². The zero-order valence-corrected chi connectivity index (χ0v) is 23.3. The van der Waals surface area contributed by atoms with Gasteiger partial charge in [0.1, 0.15) is 5.84 Å². The summed E-state index contributed by atoms with van der Waals surface area (Å²) in [6.07, 6.45) is 1.57. The Labute approximate surface area is 232 Å². The van der Waals surface area contributed by atoms with Crippen molar-refractivity contribution < 1.29 is 22.0 Å². The molecular weight excluding hydrogens is 546 g/mol. The molecule has 4 fully saturated rings. The lowest BCUT2D eigenvalue weighted by Crippen LogP contribution is -2.78. The smallest absolute Gasteiger partial charge is 0.253 e. The molecule has 2 aromatic rings. The molecule has 1 heterocycles. The minimum Gasteiger partial charge on any atom is -0.366 e. The average molecular weight is 577 g/mol. The van der Waals surface area contributed by atoms with Crippen molar-refractivity contribution in [3.05, 3.63) is 65.2 Å². The molecule has 5 aliphatic rings. The first kappa shape index (κ1) is 26.7. The largest absolute Gasteiger partial charge is 0.366 e. The van der Waals surface area contributed by atoms with Crippen LogP contribution in [0.25, 0.3) is 0 Å². The second-order valence-corrected chi connectivity index (χ2v) is 14.4. The number of halogens is 3. The molecule has 1 aliphatic heterocycles. The summed E-state index contributed by atoms with van der Waals surface area (Å²) < 4.78 is 55.9. The lowest BCUT2D eigenvalue weighted by Gasteiger charge is -2.73. The average Bonchev–Trinajstić information content (AvgIpc) is 3.32. The number of alkyl halides is 2. The van der Waals surface area contributed by atoms with Gasteiger partial charge in [-0.25, -0.2) is 17.2 Å². The van der Waals surface area contributed by atoms with E-state index in [-0.39, 0.29) is 35.7 Å². The SMILES string of the molecule is CC1(C)NC(C23CC(N(Cc4ccc(Cl)cc4)S(=O)(=O)c4ccccc4)(C2)C3)=N[C@H]1C(=O)NC[C@@H]1CC1(F)F. The van der Waals surface area contributed by atoms with Gasteiger partial charge in [-0.2, -0.15) is 4.31 Å². The fourth-order valence-electron chi connectivity index (χ4n) is 6.40. The van der Waals surface area contributed by atoms with E-state index >= 15 is 0 Å². The van der Waals surface area contributed by atoms with Gasteiger partial charge in [0.2, 0.25) is 15.9 Å². The van der Waals surface area contributed by atoms with Crippen molar-refractivity contribution in [2.45, 2.75) is 74.0 Å². The summed E-state index contributed by atoms with van der Waals surface area (Å²) in [5.41, 5.74) is -0.735. The Morgan fingerprint density at radius 2 is 1.72 bits per heavy atom. The lowest BCUT2D eigenvalue weighted by atomic mass is 9.38. The number of aliphatic imine (C=N–C) groups is 1. The van der Waals surface area contributed by atoms with Gasteiger partial charge in [0.05, 0.1) is 10.4 Å². The van der Waals surface area contributed by atoms with Crippen molar-refractivity contribution in [3.8, 4) is 0 Å². The Balaban J connectivity index is 1.21. The monoisotopic (exact) mass is 576 g/mol. The number of hydrogen-bond donors (Lipinski definition) is 2. The predicted molar refractivity (Wildman–Crippen MR) is 144 cm³/mol. The van der Waals surface area contributed by atoms with E-state index in [1.54, 1.807) is 46.8 Å². The van der Waals surface area contributed by atoms with Crippen molar-refractivity contribution >= 4 is 33.4 Å². The molecule has 4 aliphatic carbocycles. The minimum atomic E-state index is -3.79. The second-order valence-electron chi connectivity index (χ2n) is 12.1. The summed E-state index contributed by atoms with van der Waals surface area (Å²) in [6.45, 7) is 3.89. The first-order valence-electron chi connectivity index (χ1n) is 13.1. The highest BCUT2D eigenvalue weighted by Crippen LogP contribution is 2.71. The quantitative estimate of drug-likeness (QED) is 0.464. The molecule has 7 rings (SSSR count). The van der Waals surface area contributed by atoms with Crippen molar-refractivity contribution in [1.82, 2.24) is 14.9 Å². The summed E-state index contributed by atoms with van der Waals surface area (Å²) in [6, 6.07) is 14.9. The van der Waals surface area contributed by atoms with E-state index in [0.29, 0.717) is 30.1 Å². The number of carbonyl (C=O) groups excluding carboxylic acids is 1. The molecule has 0 saturated heterocycles. The van der Waals surface area contributed by atoms with Crippen LogP contribution >= 0.6 is 11.6 Å². The molecule has 4 saturated carbocycles. The highest BCUT2D eigenvalue weighted by Gasteiger charge is 2.75. The first-order valence-corrected chi connectivity index (χ1v) is 14.9. The van der Waals surface area contributed by atoms with E-state index < -0.39 is 39.0 Å². The summed E-state index contributed by atoms with van der Waals surface area (Å²) in [7, 11) is -3.79. The van der Waals surface area contributed by atoms with E-state index in [1.165, 1.54) is 0 Å². The van der Waals surface area contributed by atoms with Gasteiger partial charge in [-0.05, 0) is 62.9 Å². The van der Waals surface area contributed by atoms with Crippen LogP contribution in [-0.2, 0) is 21.4 Å². The highest BCUT2D eigenvalue weighted by atomic mass is 35.5. The van der Waals surface area contributed by atoms with Crippen LogP contribution in [0.15, 0.2) is 64.5 Å². The summed E-state index contributed by atoms with van der Waals surface area (Å²) >= 11 is 6.06. The number of hydrogen-bond acceptors (Lipinski definition) is 5. The molecular formula is C28H31ClF2N4O3S. The standard InChI is InChI=1S/C28H31ClF2N4O3S/c1-25(2)22(23(36)32-13-19-12-28(19,30)31)33-24(34-25)26-15-27(16-26,17-26)35(14-18-8-10-20(29)11-9-18)39(37,38)21-6-4-3-5-7-21/h3-11,19,22H,12-17H2,1-2H3,(H,32,36)(H,33,34)/t19-,22-,26?,27?/m0/s1. The van der Waals surface area contributed by atoms with Gasteiger partial charge in [-0.1, -0.05) is 41.9 Å². The molecule has 7 nitrogen and oxygen atoms in total. The van der Waals surface area contributed by atoms with Crippen LogP contribution in [0, 0.1) is 11.3 Å². The molecule has 0 aromatic heterocycles. The Morgan fingerprint density at radius 3 is 2.31 bits per heavy atom. The molecule has 0 unspecified atom stereocenters. The number of amides is 1. The van der Waals surface area contributed by atoms with Crippen LogP contribution < -0.4 is 10.6 Å². The van der Waals surface area contributed by atoms with Crippen LogP contribution in [0.5, 0.6) is 0 Å².